The van der Waals surface area contributed by atoms with Crippen LogP contribution in [0.3, 0.4) is 0 Å². The lowest BCUT2D eigenvalue weighted by Gasteiger charge is -2.11. The van der Waals surface area contributed by atoms with Gasteiger partial charge in [-0.05, 0) is 19.9 Å². The molecule has 13 heavy (non-hydrogen) atoms. The highest BCUT2D eigenvalue weighted by molar-refractivity contribution is 6.29. The smallest absolute Gasteiger partial charge is 0.227 e. The zero-order valence-electron chi connectivity index (χ0n) is 7.50. The number of pyridine rings is 1. The van der Waals surface area contributed by atoms with Gasteiger partial charge in [-0.3, -0.25) is 4.98 Å². The van der Waals surface area contributed by atoms with E-state index >= 15 is 0 Å². The van der Waals surface area contributed by atoms with Crippen molar-refractivity contribution in [2.75, 3.05) is 5.32 Å². The molecule has 1 N–H and O–H groups in total. The van der Waals surface area contributed by atoms with Gasteiger partial charge in [0.05, 0.1) is 6.57 Å². The molecule has 1 aromatic rings. The Labute approximate surface area is 82.6 Å². The van der Waals surface area contributed by atoms with Crippen molar-refractivity contribution in [3.63, 3.8) is 0 Å². The molecule has 68 valence electrons. The Hall–Kier alpha value is -1.27. The molecule has 0 aliphatic carbocycles. The van der Waals surface area contributed by atoms with E-state index in [2.05, 4.69) is 15.1 Å². The number of nitrogens with zero attached hydrogens (tertiary/aromatic N) is 2. The van der Waals surface area contributed by atoms with E-state index in [-0.39, 0.29) is 6.04 Å². The first-order chi connectivity index (χ1) is 6.13. The first-order valence-electron chi connectivity index (χ1n) is 3.93. The minimum Gasteiger partial charge on any atom is -0.391 e. The second-order valence-electron chi connectivity index (χ2n) is 2.94. The molecule has 0 bridgehead atoms. The quantitative estimate of drug-likeness (QED) is 0.581. The van der Waals surface area contributed by atoms with E-state index in [1.54, 1.807) is 6.07 Å². The first-order valence-corrected chi connectivity index (χ1v) is 4.31. The minimum atomic E-state index is 0.277. The van der Waals surface area contributed by atoms with Crippen LogP contribution in [0.15, 0.2) is 12.3 Å². The minimum absolute atomic E-state index is 0.277. The lowest BCUT2D eigenvalue weighted by Crippen LogP contribution is -2.09. The summed E-state index contributed by atoms with van der Waals surface area (Å²) in [6, 6.07) is 1.94. The van der Waals surface area contributed by atoms with Gasteiger partial charge in [0.25, 0.3) is 0 Å². The van der Waals surface area contributed by atoms with Crippen LogP contribution < -0.4 is 5.32 Å². The highest BCUT2D eigenvalue weighted by Gasteiger charge is 2.04. The van der Waals surface area contributed by atoms with Crippen LogP contribution in [0.5, 0.6) is 0 Å². The van der Waals surface area contributed by atoms with Crippen molar-refractivity contribution < 1.29 is 0 Å². The van der Waals surface area contributed by atoms with E-state index in [0.717, 1.165) is 5.69 Å². The molecule has 0 unspecified atom stereocenters. The zero-order valence-corrected chi connectivity index (χ0v) is 8.26. The Morgan fingerprint density at radius 3 is 2.85 bits per heavy atom. The zero-order chi connectivity index (χ0) is 9.84. The van der Waals surface area contributed by atoms with E-state index in [0.29, 0.717) is 10.8 Å². The molecule has 0 atom stereocenters. The van der Waals surface area contributed by atoms with Gasteiger partial charge in [-0.25, -0.2) is 4.85 Å². The maximum absolute atomic E-state index is 6.90. The predicted octanol–water partition coefficient (Wildman–Crippen LogP) is 3.11. The third kappa shape index (κ3) is 2.60. The molecule has 1 heterocycles. The van der Waals surface area contributed by atoms with Crippen molar-refractivity contribution in [3.8, 4) is 0 Å². The van der Waals surface area contributed by atoms with Crippen LogP contribution in [0.4, 0.5) is 11.4 Å². The second-order valence-corrected chi connectivity index (χ2v) is 3.32. The molecule has 0 aromatic carbocycles. The summed E-state index contributed by atoms with van der Waals surface area (Å²) in [7, 11) is 0. The summed E-state index contributed by atoms with van der Waals surface area (Å²) >= 11 is 5.70. The number of anilines is 1. The Morgan fingerprint density at radius 1 is 1.62 bits per heavy atom. The number of rotatable bonds is 2. The van der Waals surface area contributed by atoms with Crippen LogP contribution in [0.2, 0.25) is 5.15 Å². The molecule has 1 rings (SSSR count). The maximum Gasteiger partial charge on any atom is 0.227 e. The van der Waals surface area contributed by atoms with Crippen molar-refractivity contribution in [1.82, 2.24) is 4.98 Å². The van der Waals surface area contributed by atoms with Gasteiger partial charge in [0.2, 0.25) is 5.69 Å². The molecular weight excluding hydrogens is 186 g/mol. The third-order valence-electron chi connectivity index (χ3n) is 1.41. The number of aromatic nitrogens is 1. The molecule has 0 fully saturated rings. The monoisotopic (exact) mass is 195 g/mol. The number of hydrogen-bond donors (Lipinski definition) is 1. The van der Waals surface area contributed by atoms with Crippen LogP contribution >= 0.6 is 11.6 Å². The normalized spacial score (nSPS) is 9.77. The second kappa shape index (κ2) is 4.11. The van der Waals surface area contributed by atoms with E-state index in [4.69, 9.17) is 18.2 Å². The van der Waals surface area contributed by atoms with Crippen molar-refractivity contribution in [2.45, 2.75) is 19.9 Å². The molecule has 0 spiro atoms. The topological polar surface area (TPSA) is 29.3 Å². The van der Waals surface area contributed by atoms with Crippen molar-refractivity contribution >= 4 is 23.0 Å². The third-order valence-corrected chi connectivity index (χ3v) is 1.62. The lowest BCUT2D eigenvalue weighted by molar-refractivity contribution is 0.900. The van der Waals surface area contributed by atoms with Gasteiger partial charge in [0, 0.05) is 17.9 Å². The highest BCUT2D eigenvalue weighted by Crippen LogP contribution is 2.26. The van der Waals surface area contributed by atoms with Gasteiger partial charge in [-0.2, -0.15) is 0 Å². The summed E-state index contributed by atoms with van der Waals surface area (Å²) in [6.45, 7) is 10.9. The molecule has 0 radical (unpaired) electrons. The molecule has 0 amide bonds. The van der Waals surface area contributed by atoms with Gasteiger partial charge in [0.15, 0.2) is 0 Å². The first kappa shape index (κ1) is 9.82. The average molecular weight is 196 g/mol. The molecule has 1 aromatic heterocycles. The van der Waals surface area contributed by atoms with E-state index in [1.165, 1.54) is 6.20 Å². The fraction of sp³-hybridized carbons (Fsp3) is 0.333. The number of hydrogen-bond acceptors (Lipinski definition) is 2. The standard InChI is InChI=1S/C9H10ClN3/c1-6(2)13-7-4-9(10)12-5-8(7)11-3/h4-6H,1-2H3,(H,12,13). The Balaban J connectivity index is 3.03. The van der Waals surface area contributed by atoms with E-state index < -0.39 is 0 Å². The Bertz CT molecular complexity index is 341. The Morgan fingerprint density at radius 2 is 2.31 bits per heavy atom. The fourth-order valence-electron chi connectivity index (χ4n) is 0.938. The largest absolute Gasteiger partial charge is 0.391 e. The van der Waals surface area contributed by atoms with Crippen LogP contribution in [-0.4, -0.2) is 11.0 Å². The summed E-state index contributed by atoms with van der Waals surface area (Å²) in [5, 5.41) is 3.53. The fourth-order valence-corrected chi connectivity index (χ4v) is 1.10. The van der Waals surface area contributed by atoms with Crippen LogP contribution in [0.1, 0.15) is 13.8 Å². The maximum atomic E-state index is 6.90. The van der Waals surface area contributed by atoms with Gasteiger partial charge >= 0.3 is 0 Å². The molecule has 0 saturated heterocycles. The SMILES string of the molecule is [C-]#[N+]c1cnc(Cl)cc1NC(C)C. The van der Waals surface area contributed by atoms with Gasteiger partial charge in [0.1, 0.15) is 5.15 Å². The van der Waals surface area contributed by atoms with Gasteiger partial charge < -0.3 is 5.32 Å². The predicted molar refractivity (Wildman–Crippen MR) is 54.3 cm³/mol. The highest BCUT2D eigenvalue weighted by atomic mass is 35.5. The Kier molecular flexibility index (Phi) is 3.10. The molecule has 4 heteroatoms. The van der Waals surface area contributed by atoms with Crippen molar-refractivity contribution in [1.29, 1.82) is 0 Å². The summed E-state index contributed by atoms with van der Waals surface area (Å²) in [6.07, 6.45) is 1.47. The molecule has 0 saturated carbocycles. The van der Waals surface area contributed by atoms with E-state index in [1.807, 2.05) is 13.8 Å². The van der Waals surface area contributed by atoms with Gasteiger partial charge in [-0.1, -0.05) is 11.6 Å². The van der Waals surface area contributed by atoms with Crippen molar-refractivity contribution in [2.24, 2.45) is 0 Å². The summed E-state index contributed by atoms with van der Waals surface area (Å²) in [5.74, 6) is 0. The number of nitrogens with one attached hydrogen (secondary N) is 1. The summed E-state index contributed by atoms with van der Waals surface area (Å²) < 4.78 is 0. The number of halogens is 1. The molecule has 3 nitrogen and oxygen atoms in total. The summed E-state index contributed by atoms with van der Waals surface area (Å²) in [4.78, 5) is 7.16. The van der Waals surface area contributed by atoms with Crippen molar-refractivity contribution in [3.05, 3.63) is 28.8 Å². The summed E-state index contributed by atoms with van der Waals surface area (Å²) in [5.41, 5.74) is 1.24. The average Bonchev–Trinajstić information content (AvgIpc) is 2.03. The lowest BCUT2D eigenvalue weighted by atomic mass is 10.3. The van der Waals surface area contributed by atoms with Crippen LogP contribution in [0, 0.1) is 6.57 Å². The van der Waals surface area contributed by atoms with Crippen LogP contribution in [0.25, 0.3) is 4.85 Å². The van der Waals surface area contributed by atoms with Gasteiger partial charge in [-0.15, -0.1) is 0 Å². The molecule has 0 aliphatic heterocycles. The molecular formula is C9H10ClN3. The van der Waals surface area contributed by atoms with E-state index in [9.17, 15) is 0 Å². The van der Waals surface area contributed by atoms with Crippen LogP contribution in [-0.2, 0) is 0 Å². The molecule has 0 aliphatic rings.